The third-order valence-electron chi connectivity index (χ3n) is 3.45. The molecular formula is C17H19NO4S. The molecule has 5 nitrogen and oxygen atoms in total. The lowest BCUT2D eigenvalue weighted by molar-refractivity contribution is -0.137. The molecule has 0 unspecified atom stereocenters. The maximum Gasteiger partial charge on any atom is 0.318 e. The lowest BCUT2D eigenvalue weighted by atomic mass is 10.1. The summed E-state index contributed by atoms with van der Waals surface area (Å²) in [5.74, 6) is -1.19. The zero-order valence-corrected chi connectivity index (χ0v) is 13.9. The molecule has 2 aromatic carbocycles. The molecule has 23 heavy (non-hydrogen) atoms. The van der Waals surface area contributed by atoms with E-state index < -0.39 is 22.5 Å². The van der Waals surface area contributed by atoms with Gasteiger partial charge in [0.25, 0.3) is 0 Å². The highest BCUT2D eigenvalue weighted by Crippen LogP contribution is 2.19. The van der Waals surface area contributed by atoms with Crippen LogP contribution in [0, 0.1) is 13.8 Å². The van der Waals surface area contributed by atoms with Gasteiger partial charge in [-0.05, 0) is 31.5 Å². The summed E-state index contributed by atoms with van der Waals surface area (Å²) >= 11 is 0. The first kappa shape index (κ1) is 17.2. The number of nitrogens with zero attached hydrogens (tertiary/aromatic N) is 1. The van der Waals surface area contributed by atoms with Crippen molar-refractivity contribution in [1.82, 2.24) is 4.31 Å². The summed E-state index contributed by atoms with van der Waals surface area (Å²) in [5, 5.41) is 9.05. The zero-order valence-electron chi connectivity index (χ0n) is 13.1. The maximum absolute atomic E-state index is 12.7. The first-order valence-corrected chi connectivity index (χ1v) is 8.57. The Kier molecular flexibility index (Phi) is 5.18. The van der Waals surface area contributed by atoms with Gasteiger partial charge in [0, 0.05) is 6.54 Å². The number of rotatable bonds is 6. The van der Waals surface area contributed by atoms with Gasteiger partial charge in [0.1, 0.15) is 6.54 Å². The van der Waals surface area contributed by atoms with Crippen LogP contribution in [0.3, 0.4) is 0 Å². The molecule has 0 aromatic heterocycles. The average Bonchev–Trinajstić information content (AvgIpc) is 2.49. The van der Waals surface area contributed by atoms with Crippen molar-refractivity contribution in [1.29, 1.82) is 0 Å². The zero-order chi connectivity index (χ0) is 17.0. The van der Waals surface area contributed by atoms with Gasteiger partial charge in [-0.15, -0.1) is 0 Å². The second kappa shape index (κ2) is 6.93. The van der Waals surface area contributed by atoms with E-state index in [0.29, 0.717) is 0 Å². The second-order valence-electron chi connectivity index (χ2n) is 5.47. The first-order valence-electron chi connectivity index (χ1n) is 7.13. The molecule has 0 atom stereocenters. The van der Waals surface area contributed by atoms with Crippen molar-refractivity contribution in [2.45, 2.75) is 25.3 Å². The molecule has 0 radical (unpaired) electrons. The molecule has 122 valence electrons. The highest BCUT2D eigenvalue weighted by Gasteiger charge is 2.26. The number of carbonyl (C=O) groups is 1. The minimum Gasteiger partial charge on any atom is -0.480 e. The van der Waals surface area contributed by atoms with Gasteiger partial charge in [-0.1, -0.05) is 47.5 Å². The normalized spacial score (nSPS) is 11.6. The largest absolute Gasteiger partial charge is 0.480 e. The summed E-state index contributed by atoms with van der Waals surface area (Å²) in [6.45, 7) is 3.23. The number of aryl methyl sites for hydroxylation is 2. The summed E-state index contributed by atoms with van der Waals surface area (Å²) in [5.41, 5.74) is 2.74. The van der Waals surface area contributed by atoms with Crippen molar-refractivity contribution in [3.63, 3.8) is 0 Å². The van der Waals surface area contributed by atoms with Crippen LogP contribution in [0.2, 0.25) is 0 Å². The van der Waals surface area contributed by atoms with Crippen LogP contribution < -0.4 is 0 Å². The van der Waals surface area contributed by atoms with Gasteiger partial charge < -0.3 is 5.11 Å². The number of hydrogen-bond acceptors (Lipinski definition) is 3. The molecule has 0 fully saturated rings. The molecule has 0 amide bonds. The van der Waals surface area contributed by atoms with E-state index in [-0.39, 0.29) is 11.4 Å². The van der Waals surface area contributed by atoms with E-state index in [1.165, 1.54) is 12.1 Å². The van der Waals surface area contributed by atoms with Crippen LogP contribution in [0.25, 0.3) is 0 Å². The van der Waals surface area contributed by atoms with Gasteiger partial charge in [0.15, 0.2) is 0 Å². The molecule has 0 heterocycles. The Hall–Kier alpha value is -2.18. The van der Waals surface area contributed by atoms with Gasteiger partial charge >= 0.3 is 5.97 Å². The average molecular weight is 333 g/mol. The predicted octanol–water partition coefficient (Wildman–Crippen LogP) is 2.58. The van der Waals surface area contributed by atoms with Crippen LogP contribution in [-0.2, 0) is 21.4 Å². The number of aliphatic carboxylic acids is 1. The first-order chi connectivity index (χ1) is 10.8. The molecule has 2 aromatic rings. The van der Waals surface area contributed by atoms with Crippen molar-refractivity contribution in [3.05, 3.63) is 65.2 Å². The van der Waals surface area contributed by atoms with Crippen LogP contribution in [0.5, 0.6) is 0 Å². The molecule has 2 rings (SSSR count). The number of hydrogen-bond donors (Lipinski definition) is 1. The van der Waals surface area contributed by atoms with E-state index in [2.05, 4.69) is 0 Å². The van der Waals surface area contributed by atoms with E-state index in [0.717, 1.165) is 21.0 Å². The predicted molar refractivity (Wildman–Crippen MR) is 87.6 cm³/mol. The quantitative estimate of drug-likeness (QED) is 0.882. The monoisotopic (exact) mass is 333 g/mol. The summed E-state index contributed by atoms with van der Waals surface area (Å²) in [7, 11) is -3.87. The molecule has 6 heteroatoms. The molecule has 0 aliphatic heterocycles. The van der Waals surface area contributed by atoms with Crippen molar-refractivity contribution in [3.8, 4) is 0 Å². The molecule has 0 aliphatic carbocycles. The van der Waals surface area contributed by atoms with Crippen LogP contribution in [0.15, 0.2) is 53.4 Å². The van der Waals surface area contributed by atoms with E-state index in [1.807, 2.05) is 26.0 Å². The van der Waals surface area contributed by atoms with Crippen LogP contribution in [0.1, 0.15) is 16.7 Å². The lowest BCUT2D eigenvalue weighted by Gasteiger charge is -2.20. The summed E-state index contributed by atoms with van der Waals surface area (Å²) in [4.78, 5) is 11.2. The maximum atomic E-state index is 12.7. The molecule has 1 N–H and O–H groups in total. The van der Waals surface area contributed by atoms with Crippen molar-refractivity contribution >= 4 is 16.0 Å². The number of carboxylic acid groups (broad SMARTS) is 1. The van der Waals surface area contributed by atoms with Gasteiger partial charge in [-0.3, -0.25) is 4.79 Å². The molecular weight excluding hydrogens is 314 g/mol. The summed E-state index contributed by atoms with van der Waals surface area (Å²) < 4.78 is 26.4. The Bertz CT molecular complexity index is 780. The molecule has 0 saturated heterocycles. The van der Waals surface area contributed by atoms with Crippen LogP contribution in [-0.4, -0.2) is 30.3 Å². The minimum atomic E-state index is -3.87. The fraction of sp³-hybridized carbons (Fsp3) is 0.235. The smallest absolute Gasteiger partial charge is 0.318 e. The van der Waals surface area contributed by atoms with Gasteiger partial charge in [-0.25, -0.2) is 8.42 Å². The van der Waals surface area contributed by atoms with Crippen molar-refractivity contribution < 1.29 is 18.3 Å². The Morgan fingerprint density at radius 1 is 0.957 bits per heavy atom. The van der Waals surface area contributed by atoms with Gasteiger partial charge in [-0.2, -0.15) is 4.31 Å². The van der Waals surface area contributed by atoms with Gasteiger partial charge in [0.2, 0.25) is 10.0 Å². The van der Waals surface area contributed by atoms with E-state index in [1.54, 1.807) is 24.3 Å². The standard InChI is InChI=1S/C17H19NO4S/c1-13-3-7-15(8-4-13)11-18(12-17(19)20)23(21,22)16-9-5-14(2)6-10-16/h3-10H,11-12H2,1-2H3,(H,19,20). The van der Waals surface area contributed by atoms with Crippen LogP contribution >= 0.6 is 0 Å². The Morgan fingerprint density at radius 3 is 1.91 bits per heavy atom. The van der Waals surface area contributed by atoms with Crippen molar-refractivity contribution in [2.75, 3.05) is 6.54 Å². The Labute approximate surface area is 136 Å². The Morgan fingerprint density at radius 2 is 1.43 bits per heavy atom. The topological polar surface area (TPSA) is 74.7 Å². The highest BCUT2D eigenvalue weighted by atomic mass is 32.2. The fourth-order valence-electron chi connectivity index (χ4n) is 2.13. The van der Waals surface area contributed by atoms with Crippen molar-refractivity contribution in [2.24, 2.45) is 0 Å². The SMILES string of the molecule is Cc1ccc(CN(CC(=O)O)S(=O)(=O)c2ccc(C)cc2)cc1. The highest BCUT2D eigenvalue weighted by molar-refractivity contribution is 7.89. The van der Waals surface area contributed by atoms with E-state index in [4.69, 9.17) is 5.11 Å². The number of carboxylic acids is 1. The third kappa shape index (κ3) is 4.40. The van der Waals surface area contributed by atoms with E-state index >= 15 is 0 Å². The van der Waals surface area contributed by atoms with Crippen LogP contribution in [0.4, 0.5) is 0 Å². The number of sulfonamides is 1. The second-order valence-corrected chi connectivity index (χ2v) is 7.40. The number of benzene rings is 2. The lowest BCUT2D eigenvalue weighted by Crippen LogP contribution is -2.35. The molecule has 0 spiro atoms. The fourth-order valence-corrected chi connectivity index (χ4v) is 3.51. The third-order valence-corrected chi connectivity index (χ3v) is 5.26. The minimum absolute atomic E-state index is 0.0167. The molecule has 0 aliphatic rings. The Balaban J connectivity index is 2.34. The van der Waals surface area contributed by atoms with Gasteiger partial charge in [0.05, 0.1) is 4.90 Å². The van der Waals surface area contributed by atoms with E-state index in [9.17, 15) is 13.2 Å². The summed E-state index contributed by atoms with van der Waals surface area (Å²) in [6.07, 6.45) is 0. The summed E-state index contributed by atoms with van der Waals surface area (Å²) in [6, 6.07) is 13.7. The molecule has 0 saturated carbocycles. The molecule has 0 bridgehead atoms.